The first kappa shape index (κ1) is 19.4. The molecule has 1 fully saturated rings. The van der Waals surface area contributed by atoms with Gasteiger partial charge >= 0.3 is 0 Å². The van der Waals surface area contributed by atoms with Gasteiger partial charge in [-0.2, -0.15) is 0 Å². The van der Waals surface area contributed by atoms with Crippen LogP contribution in [0, 0.1) is 5.92 Å². The number of carbonyl (C=O) groups is 3. The lowest BCUT2D eigenvalue weighted by molar-refractivity contribution is -0.131. The Labute approximate surface area is 160 Å². The summed E-state index contributed by atoms with van der Waals surface area (Å²) < 4.78 is 0. The van der Waals surface area contributed by atoms with Crippen LogP contribution in [0.25, 0.3) is 0 Å². The van der Waals surface area contributed by atoms with Crippen molar-refractivity contribution in [2.24, 2.45) is 5.92 Å². The number of fused-ring (bicyclic) bond motifs is 1. The highest BCUT2D eigenvalue weighted by Crippen LogP contribution is 2.37. The molecule has 0 spiro atoms. The molecule has 2 aliphatic rings. The van der Waals surface area contributed by atoms with Crippen molar-refractivity contribution in [2.45, 2.75) is 46.0 Å². The maximum atomic E-state index is 13.0. The molecule has 0 aliphatic carbocycles. The highest BCUT2D eigenvalue weighted by atomic mass is 16.2. The van der Waals surface area contributed by atoms with Crippen LogP contribution in [0.2, 0.25) is 0 Å². The summed E-state index contributed by atoms with van der Waals surface area (Å²) in [5.74, 6) is 0.426. The summed E-state index contributed by atoms with van der Waals surface area (Å²) >= 11 is 0. The average molecular weight is 371 g/mol. The largest absolute Gasteiger partial charge is 0.341 e. The summed E-state index contributed by atoms with van der Waals surface area (Å²) in [6.45, 7) is 10.3. The van der Waals surface area contributed by atoms with Crippen LogP contribution in [0.3, 0.4) is 0 Å². The first-order valence-corrected chi connectivity index (χ1v) is 9.73. The second-order valence-electron chi connectivity index (χ2n) is 8.46. The second-order valence-corrected chi connectivity index (χ2v) is 8.46. The SMILES string of the molecule is CC(C)CC(=O)N1CCCN(C(=O)c2ccc3c(c2)C(C)(C)C(=O)N3)CC1. The molecule has 3 amide bonds. The lowest BCUT2D eigenvalue weighted by atomic mass is 9.85. The molecule has 1 aromatic rings. The van der Waals surface area contributed by atoms with Gasteiger partial charge < -0.3 is 15.1 Å². The highest BCUT2D eigenvalue weighted by molar-refractivity contribution is 6.07. The summed E-state index contributed by atoms with van der Waals surface area (Å²) in [6, 6.07) is 5.42. The van der Waals surface area contributed by atoms with Crippen molar-refractivity contribution >= 4 is 23.4 Å². The van der Waals surface area contributed by atoms with Gasteiger partial charge in [0.05, 0.1) is 5.41 Å². The number of nitrogens with zero attached hydrogens (tertiary/aromatic N) is 2. The molecule has 3 rings (SSSR count). The summed E-state index contributed by atoms with van der Waals surface area (Å²) in [4.78, 5) is 41.1. The number of hydrogen-bond donors (Lipinski definition) is 1. The van der Waals surface area contributed by atoms with Crippen LogP contribution in [-0.2, 0) is 15.0 Å². The summed E-state index contributed by atoms with van der Waals surface area (Å²) in [5, 5.41) is 2.87. The maximum Gasteiger partial charge on any atom is 0.253 e. The van der Waals surface area contributed by atoms with Crippen LogP contribution in [0.15, 0.2) is 18.2 Å². The highest BCUT2D eigenvalue weighted by Gasteiger charge is 2.38. The topological polar surface area (TPSA) is 69.7 Å². The Morgan fingerprint density at radius 2 is 1.78 bits per heavy atom. The molecule has 2 heterocycles. The zero-order chi connectivity index (χ0) is 19.8. The van der Waals surface area contributed by atoms with Crippen molar-refractivity contribution in [1.29, 1.82) is 0 Å². The van der Waals surface area contributed by atoms with Gasteiger partial charge in [0.1, 0.15) is 0 Å². The molecule has 0 unspecified atom stereocenters. The van der Waals surface area contributed by atoms with E-state index in [2.05, 4.69) is 5.32 Å². The predicted molar refractivity (Wildman–Crippen MR) is 105 cm³/mol. The van der Waals surface area contributed by atoms with Gasteiger partial charge in [-0.25, -0.2) is 0 Å². The Bertz CT molecular complexity index is 770. The predicted octanol–water partition coefficient (Wildman–Crippen LogP) is 2.64. The monoisotopic (exact) mass is 371 g/mol. The van der Waals surface area contributed by atoms with Crippen molar-refractivity contribution in [1.82, 2.24) is 9.80 Å². The smallest absolute Gasteiger partial charge is 0.253 e. The van der Waals surface area contributed by atoms with Crippen LogP contribution >= 0.6 is 0 Å². The molecule has 0 atom stereocenters. The van der Waals surface area contributed by atoms with Crippen molar-refractivity contribution in [2.75, 3.05) is 31.5 Å². The molecule has 1 saturated heterocycles. The first-order valence-electron chi connectivity index (χ1n) is 9.73. The van der Waals surface area contributed by atoms with E-state index in [0.717, 1.165) is 17.7 Å². The minimum atomic E-state index is -0.634. The maximum absolute atomic E-state index is 13.0. The number of carbonyl (C=O) groups excluding carboxylic acids is 3. The standard InChI is InChI=1S/C21H29N3O3/c1-14(2)12-18(25)23-8-5-9-24(11-10-23)19(26)15-6-7-17-16(13-15)21(3,4)20(27)22-17/h6-7,13-14H,5,8-12H2,1-4H3,(H,22,27). The van der Waals surface area contributed by atoms with Gasteiger partial charge in [0.25, 0.3) is 5.91 Å². The van der Waals surface area contributed by atoms with E-state index in [9.17, 15) is 14.4 Å². The van der Waals surface area contributed by atoms with Crippen molar-refractivity contribution in [3.05, 3.63) is 29.3 Å². The number of benzene rings is 1. The molecule has 6 nitrogen and oxygen atoms in total. The van der Waals surface area contributed by atoms with Gasteiger partial charge in [0.2, 0.25) is 11.8 Å². The average Bonchev–Trinajstić information content (AvgIpc) is 2.78. The minimum Gasteiger partial charge on any atom is -0.341 e. The van der Waals surface area contributed by atoms with E-state index in [1.165, 1.54) is 0 Å². The summed E-state index contributed by atoms with van der Waals surface area (Å²) in [5.41, 5.74) is 1.61. The number of anilines is 1. The van der Waals surface area contributed by atoms with Gasteiger partial charge in [-0.05, 0) is 49.9 Å². The van der Waals surface area contributed by atoms with Crippen molar-refractivity contribution in [3.8, 4) is 0 Å². The van der Waals surface area contributed by atoms with Gasteiger partial charge in [0, 0.05) is 43.9 Å². The van der Waals surface area contributed by atoms with E-state index in [1.807, 2.05) is 49.6 Å². The van der Waals surface area contributed by atoms with Crippen molar-refractivity contribution in [3.63, 3.8) is 0 Å². The van der Waals surface area contributed by atoms with Crippen molar-refractivity contribution < 1.29 is 14.4 Å². The number of rotatable bonds is 3. The molecular weight excluding hydrogens is 342 g/mol. The van der Waals surface area contributed by atoms with Crippen LogP contribution in [0.4, 0.5) is 5.69 Å². The number of nitrogens with one attached hydrogen (secondary N) is 1. The van der Waals surface area contributed by atoms with Gasteiger partial charge in [-0.3, -0.25) is 14.4 Å². The molecule has 27 heavy (non-hydrogen) atoms. The van der Waals surface area contributed by atoms with Crippen LogP contribution in [-0.4, -0.2) is 53.7 Å². The van der Waals surface area contributed by atoms with Gasteiger partial charge in [-0.1, -0.05) is 13.8 Å². The lowest BCUT2D eigenvalue weighted by Gasteiger charge is -2.23. The van der Waals surface area contributed by atoms with E-state index in [4.69, 9.17) is 0 Å². The molecule has 0 aromatic heterocycles. The summed E-state index contributed by atoms with van der Waals surface area (Å²) in [7, 11) is 0. The zero-order valence-corrected chi connectivity index (χ0v) is 16.7. The molecule has 1 aromatic carbocycles. The fourth-order valence-corrected chi connectivity index (χ4v) is 3.74. The third kappa shape index (κ3) is 3.84. The Hall–Kier alpha value is -2.37. The fraction of sp³-hybridized carbons (Fsp3) is 0.571. The molecule has 0 radical (unpaired) electrons. The van der Waals surface area contributed by atoms with Crippen LogP contribution < -0.4 is 5.32 Å². The van der Waals surface area contributed by atoms with E-state index in [-0.39, 0.29) is 17.7 Å². The Morgan fingerprint density at radius 3 is 2.48 bits per heavy atom. The van der Waals surface area contributed by atoms with E-state index in [0.29, 0.717) is 44.1 Å². The van der Waals surface area contributed by atoms with E-state index in [1.54, 1.807) is 6.07 Å². The molecule has 2 aliphatic heterocycles. The normalized spacial score (nSPS) is 18.9. The van der Waals surface area contributed by atoms with E-state index >= 15 is 0 Å². The molecule has 0 saturated carbocycles. The Morgan fingerprint density at radius 1 is 1.11 bits per heavy atom. The van der Waals surface area contributed by atoms with E-state index < -0.39 is 5.41 Å². The molecular formula is C21H29N3O3. The zero-order valence-electron chi connectivity index (χ0n) is 16.7. The Kier molecular flexibility index (Phi) is 5.27. The fourth-order valence-electron chi connectivity index (χ4n) is 3.74. The molecule has 146 valence electrons. The molecule has 6 heteroatoms. The van der Waals surface area contributed by atoms with Crippen LogP contribution in [0.5, 0.6) is 0 Å². The number of amides is 3. The van der Waals surface area contributed by atoms with Gasteiger partial charge in [-0.15, -0.1) is 0 Å². The second kappa shape index (κ2) is 7.33. The summed E-state index contributed by atoms with van der Waals surface area (Å²) in [6.07, 6.45) is 1.33. The quantitative estimate of drug-likeness (QED) is 0.888. The Balaban J connectivity index is 1.71. The lowest BCUT2D eigenvalue weighted by Crippen LogP contribution is -2.37. The first-order chi connectivity index (χ1) is 12.7. The molecule has 0 bridgehead atoms. The van der Waals surface area contributed by atoms with Gasteiger partial charge in [0.15, 0.2) is 0 Å². The van der Waals surface area contributed by atoms with Crippen LogP contribution in [0.1, 0.15) is 56.5 Å². The molecule has 1 N–H and O–H groups in total. The third-order valence-corrected chi connectivity index (χ3v) is 5.47. The third-order valence-electron chi connectivity index (χ3n) is 5.47. The minimum absolute atomic E-state index is 0.0360. The number of hydrogen-bond acceptors (Lipinski definition) is 3.